The summed E-state index contributed by atoms with van der Waals surface area (Å²) in [6, 6.07) is 4.48. The molecule has 2 N–H and O–H groups in total. The zero-order chi connectivity index (χ0) is 11.7. The predicted molar refractivity (Wildman–Crippen MR) is 70.9 cm³/mol. The summed E-state index contributed by atoms with van der Waals surface area (Å²) in [5, 5.41) is 13.3. The smallest absolute Gasteiger partial charge is 0.0741 e. The van der Waals surface area contributed by atoms with Crippen LogP contribution in [0.3, 0.4) is 0 Å². The molecule has 0 amide bonds. The van der Waals surface area contributed by atoms with Gasteiger partial charge in [0.05, 0.1) is 17.8 Å². The molecule has 1 saturated carbocycles. The normalized spacial score (nSPS) is 24.8. The fourth-order valence-electron chi connectivity index (χ4n) is 2.39. The lowest BCUT2D eigenvalue weighted by molar-refractivity contribution is 0.172. The van der Waals surface area contributed by atoms with Crippen molar-refractivity contribution in [3.63, 3.8) is 0 Å². The van der Waals surface area contributed by atoms with Crippen molar-refractivity contribution in [2.75, 3.05) is 5.32 Å². The van der Waals surface area contributed by atoms with Crippen LogP contribution in [-0.2, 0) is 0 Å². The number of hydrogen-bond donors (Lipinski definition) is 2. The summed E-state index contributed by atoms with van der Waals surface area (Å²) in [6.45, 7) is 4.19. The predicted octanol–water partition coefficient (Wildman–Crippen LogP) is 3.39. The van der Waals surface area contributed by atoms with E-state index in [9.17, 15) is 5.11 Å². The van der Waals surface area contributed by atoms with Crippen LogP contribution in [0.5, 0.6) is 0 Å². The third-order valence-electron chi connectivity index (χ3n) is 3.24. The third-order valence-corrected chi connectivity index (χ3v) is 3.87. The summed E-state index contributed by atoms with van der Waals surface area (Å²) in [4.78, 5) is 0. The topological polar surface area (TPSA) is 32.3 Å². The zero-order valence-corrected chi connectivity index (χ0v) is 11.3. The van der Waals surface area contributed by atoms with Crippen LogP contribution in [0.2, 0.25) is 0 Å². The van der Waals surface area contributed by atoms with Crippen molar-refractivity contribution in [2.45, 2.75) is 45.3 Å². The molecule has 2 nitrogen and oxygen atoms in total. The molecule has 1 aliphatic carbocycles. The molecule has 0 spiro atoms. The molecule has 0 heterocycles. The summed E-state index contributed by atoms with van der Waals surface area (Å²) in [5.74, 6) is 0. The minimum atomic E-state index is -0.201. The summed E-state index contributed by atoms with van der Waals surface area (Å²) in [6.07, 6.45) is 2.88. The third kappa shape index (κ3) is 2.41. The second-order valence-corrected chi connectivity index (χ2v) is 5.54. The van der Waals surface area contributed by atoms with E-state index in [2.05, 4.69) is 47.2 Å². The maximum absolute atomic E-state index is 9.81. The van der Waals surface area contributed by atoms with Crippen molar-refractivity contribution in [2.24, 2.45) is 0 Å². The van der Waals surface area contributed by atoms with Gasteiger partial charge in [-0.25, -0.2) is 0 Å². The molecular weight excluding hydrogens is 266 g/mol. The minimum Gasteiger partial charge on any atom is -0.391 e. The Morgan fingerprint density at radius 2 is 2.06 bits per heavy atom. The molecule has 0 aliphatic heterocycles. The van der Waals surface area contributed by atoms with Gasteiger partial charge in [-0.1, -0.05) is 6.07 Å². The summed E-state index contributed by atoms with van der Waals surface area (Å²) >= 11 is 3.58. The molecule has 1 aromatic rings. The minimum absolute atomic E-state index is 0.201. The molecule has 0 aromatic heterocycles. The second-order valence-electron chi connectivity index (χ2n) is 4.69. The van der Waals surface area contributed by atoms with Crippen LogP contribution < -0.4 is 5.32 Å². The van der Waals surface area contributed by atoms with Gasteiger partial charge in [-0.05, 0) is 66.2 Å². The van der Waals surface area contributed by atoms with Gasteiger partial charge in [-0.15, -0.1) is 0 Å². The van der Waals surface area contributed by atoms with Gasteiger partial charge in [0, 0.05) is 4.47 Å². The Morgan fingerprint density at radius 1 is 1.31 bits per heavy atom. The highest BCUT2D eigenvalue weighted by Gasteiger charge is 2.25. The SMILES string of the molecule is Cc1cc(C)c(NC2CCCC2O)c(Br)c1. The van der Waals surface area contributed by atoms with Gasteiger partial charge < -0.3 is 10.4 Å². The van der Waals surface area contributed by atoms with Crippen LogP contribution in [0.1, 0.15) is 30.4 Å². The Morgan fingerprint density at radius 3 is 2.62 bits per heavy atom. The molecule has 0 bridgehead atoms. The highest BCUT2D eigenvalue weighted by atomic mass is 79.9. The highest BCUT2D eigenvalue weighted by Crippen LogP contribution is 2.31. The van der Waals surface area contributed by atoms with Gasteiger partial charge >= 0.3 is 0 Å². The van der Waals surface area contributed by atoms with Crippen LogP contribution in [0, 0.1) is 13.8 Å². The van der Waals surface area contributed by atoms with Crippen LogP contribution >= 0.6 is 15.9 Å². The summed E-state index contributed by atoms with van der Waals surface area (Å²) in [7, 11) is 0. The fourth-order valence-corrected chi connectivity index (χ4v) is 3.18. The molecule has 0 saturated heterocycles. The van der Waals surface area contributed by atoms with Gasteiger partial charge in [0.2, 0.25) is 0 Å². The van der Waals surface area contributed by atoms with Gasteiger partial charge in [-0.2, -0.15) is 0 Å². The standard InChI is InChI=1S/C13H18BrNO/c1-8-6-9(2)13(10(14)7-8)15-11-4-3-5-12(11)16/h6-7,11-12,15-16H,3-5H2,1-2H3. The van der Waals surface area contributed by atoms with Crippen LogP contribution in [0.25, 0.3) is 0 Å². The van der Waals surface area contributed by atoms with Crippen LogP contribution in [-0.4, -0.2) is 17.3 Å². The van der Waals surface area contributed by atoms with E-state index in [4.69, 9.17) is 0 Å². The molecular formula is C13H18BrNO. The molecule has 1 aromatic carbocycles. The largest absolute Gasteiger partial charge is 0.391 e. The number of aryl methyl sites for hydroxylation is 2. The number of halogens is 1. The Balaban J connectivity index is 2.21. The number of anilines is 1. The Bertz CT molecular complexity index is 369. The number of rotatable bonds is 2. The summed E-state index contributed by atoms with van der Waals surface area (Å²) in [5.41, 5.74) is 3.60. The highest BCUT2D eigenvalue weighted by molar-refractivity contribution is 9.10. The van der Waals surface area contributed by atoms with Crippen molar-refractivity contribution in [3.05, 3.63) is 27.7 Å². The monoisotopic (exact) mass is 283 g/mol. The lowest BCUT2D eigenvalue weighted by atomic mass is 10.1. The van der Waals surface area contributed by atoms with E-state index >= 15 is 0 Å². The lowest BCUT2D eigenvalue weighted by Crippen LogP contribution is -2.28. The molecule has 16 heavy (non-hydrogen) atoms. The Labute approximate surface area is 105 Å². The van der Waals surface area contributed by atoms with E-state index in [1.54, 1.807) is 0 Å². The first-order valence-corrected chi connectivity index (χ1v) is 6.58. The quantitative estimate of drug-likeness (QED) is 0.872. The van der Waals surface area contributed by atoms with Gasteiger partial charge in [-0.3, -0.25) is 0 Å². The maximum Gasteiger partial charge on any atom is 0.0741 e. The number of aliphatic hydroxyl groups is 1. The van der Waals surface area contributed by atoms with Crippen molar-refractivity contribution in [1.82, 2.24) is 0 Å². The fraction of sp³-hybridized carbons (Fsp3) is 0.538. The molecule has 1 aliphatic rings. The first-order chi connectivity index (χ1) is 7.58. The van der Waals surface area contributed by atoms with E-state index in [1.807, 2.05) is 0 Å². The first-order valence-electron chi connectivity index (χ1n) is 5.79. The average molecular weight is 284 g/mol. The maximum atomic E-state index is 9.81. The van der Waals surface area contributed by atoms with E-state index in [1.165, 1.54) is 11.1 Å². The average Bonchev–Trinajstić information content (AvgIpc) is 2.57. The Hall–Kier alpha value is -0.540. The summed E-state index contributed by atoms with van der Waals surface area (Å²) < 4.78 is 1.09. The molecule has 0 radical (unpaired) electrons. The van der Waals surface area contributed by atoms with E-state index in [0.29, 0.717) is 0 Å². The number of nitrogens with one attached hydrogen (secondary N) is 1. The lowest BCUT2D eigenvalue weighted by Gasteiger charge is -2.21. The van der Waals surface area contributed by atoms with Gasteiger partial charge in [0.15, 0.2) is 0 Å². The van der Waals surface area contributed by atoms with Crippen molar-refractivity contribution < 1.29 is 5.11 Å². The van der Waals surface area contributed by atoms with Gasteiger partial charge in [0.1, 0.15) is 0 Å². The zero-order valence-electron chi connectivity index (χ0n) is 9.76. The van der Waals surface area contributed by atoms with E-state index in [-0.39, 0.29) is 12.1 Å². The van der Waals surface area contributed by atoms with Gasteiger partial charge in [0.25, 0.3) is 0 Å². The molecule has 2 rings (SSSR count). The van der Waals surface area contributed by atoms with Crippen molar-refractivity contribution in [1.29, 1.82) is 0 Å². The number of hydrogen-bond acceptors (Lipinski definition) is 2. The molecule has 1 fully saturated rings. The van der Waals surface area contributed by atoms with E-state index in [0.717, 1.165) is 29.4 Å². The number of aliphatic hydroxyl groups excluding tert-OH is 1. The molecule has 3 heteroatoms. The van der Waals surface area contributed by atoms with E-state index < -0.39 is 0 Å². The van der Waals surface area contributed by atoms with Crippen LogP contribution in [0.15, 0.2) is 16.6 Å². The number of benzene rings is 1. The van der Waals surface area contributed by atoms with Crippen molar-refractivity contribution >= 4 is 21.6 Å². The van der Waals surface area contributed by atoms with Crippen molar-refractivity contribution in [3.8, 4) is 0 Å². The molecule has 2 unspecified atom stereocenters. The van der Waals surface area contributed by atoms with Crippen LogP contribution in [0.4, 0.5) is 5.69 Å². The second kappa shape index (κ2) is 4.76. The molecule has 2 atom stereocenters. The molecule has 88 valence electrons. The Kier molecular flexibility index (Phi) is 3.55. The first kappa shape index (κ1) is 11.9.